The molecule has 0 aromatic heterocycles. The van der Waals surface area contributed by atoms with E-state index in [-0.39, 0.29) is 6.04 Å². The van der Waals surface area contributed by atoms with E-state index < -0.39 is 18.9 Å². The Hall–Kier alpha value is -0.980. The maximum Gasteiger partial charge on any atom is 0.422 e. The zero-order valence-electron chi connectivity index (χ0n) is 9.96. The van der Waals surface area contributed by atoms with Gasteiger partial charge in [-0.2, -0.15) is 13.2 Å². The Balaban J connectivity index is 2.39. The van der Waals surface area contributed by atoms with Gasteiger partial charge < -0.3 is 9.64 Å². The van der Waals surface area contributed by atoms with Crippen molar-refractivity contribution in [3.05, 3.63) is 0 Å². The van der Waals surface area contributed by atoms with Gasteiger partial charge in [-0.15, -0.1) is 0 Å². The van der Waals surface area contributed by atoms with Crippen molar-refractivity contribution in [1.82, 2.24) is 9.80 Å². The maximum absolute atomic E-state index is 11.9. The molecule has 4 nitrogen and oxygen atoms in total. The van der Waals surface area contributed by atoms with E-state index in [2.05, 4.69) is 9.64 Å². The van der Waals surface area contributed by atoms with Gasteiger partial charge in [-0.1, -0.05) is 6.92 Å². The Morgan fingerprint density at radius 3 is 2.53 bits per heavy atom. The summed E-state index contributed by atoms with van der Waals surface area (Å²) in [6.07, 6.45) is -5.35. The summed E-state index contributed by atoms with van der Waals surface area (Å²) >= 11 is 0. The van der Waals surface area contributed by atoms with Crippen molar-refractivity contribution in [3.63, 3.8) is 0 Å². The quantitative estimate of drug-likeness (QED) is 0.752. The van der Waals surface area contributed by atoms with E-state index in [1.54, 1.807) is 0 Å². The summed E-state index contributed by atoms with van der Waals surface area (Å²) in [6.45, 7) is 4.78. The van der Waals surface area contributed by atoms with Gasteiger partial charge in [0.05, 0.1) is 0 Å². The average Bonchev–Trinajstić information content (AvgIpc) is 2.24. The van der Waals surface area contributed by atoms with Crippen molar-refractivity contribution in [3.8, 4) is 0 Å². The molecule has 17 heavy (non-hydrogen) atoms. The van der Waals surface area contributed by atoms with Crippen molar-refractivity contribution in [2.24, 2.45) is 0 Å². The Labute approximate surface area is 98.3 Å². The molecule has 0 spiro atoms. The minimum absolute atomic E-state index is 0.146. The van der Waals surface area contributed by atoms with Gasteiger partial charge in [0, 0.05) is 25.7 Å². The van der Waals surface area contributed by atoms with E-state index in [0.717, 1.165) is 6.54 Å². The Kier molecular flexibility index (Phi) is 4.62. The van der Waals surface area contributed by atoms with Crippen LogP contribution in [-0.4, -0.2) is 60.9 Å². The molecule has 0 aromatic rings. The number of carbonyl (C=O) groups excluding carboxylic acids is 1. The number of halogens is 3. The highest BCUT2D eigenvalue weighted by Gasteiger charge is 2.32. The molecule has 7 heteroatoms. The van der Waals surface area contributed by atoms with Crippen LogP contribution in [0.1, 0.15) is 13.8 Å². The van der Waals surface area contributed by atoms with Crippen LogP contribution in [0, 0.1) is 0 Å². The molecule has 1 aliphatic rings. The van der Waals surface area contributed by atoms with E-state index in [1.165, 1.54) is 4.90 Å². The number of amides is 1. The molecule has 0 saturated carbocycles. The van der Waals surface area contributed by atoms with Gasteiger partial charge >= 0.3 is 12.3 Å². The Bertz CT molecular complexity index is 271. The van der Waals surface area contributed by atoms with Gasteiger partial charge in [0.25, 0.3) is 0 Å². The summed E-state index contributed by atoms with van der Waals surface area (Å²) in [5.41, 5.74) is 0. The molecule has 100 valence electrons. The van der Waals surface area contributed by atoms with Gasteiger partial charge in [0.2, 0.25) is 0 Å². The lowest BCUT2D eigenvalue weighted by Crippen LogP contribution is -2.53. The fourth-order valence-corrected chi connectivity index (χ4v) is 1.87. The van der Waals surface area contributed by atoms with Crippen LogP contribution in [0.15, 0.2) is 0 Å². The lowest BCUT2D eigenvalue weighted by atomic mass is 10.2. The maximum atomic E-state index is 11.9. The molecule has 1 fully saturated rings. The van der Waals surface area contributed by atoms with E-state index in [1.807, 2.05) is 13.8 Å². The standard InChI is InChI=1S/C10H17F3N2O2/c1-3-14-4-5-15(6-8(14)2)9(16)17-7-10(11,12)13/h8H,3-7H2,1-2H3. The molecule has 0 bridgehead atoms. The van der Waals surface area contributed by atoms with Gasteiger partial charge in [-0.3, -0.25) is 4.90 Å². The van der Waals surface area contributed by atoms with E-state index >= 15 is 0 Å². The Morgan fingerprint density at radius 2 is 2.06 bits per heavy atom. The third-order valence-corrected chi connectivity index (χ3v) is 2.79. The normalized spacial score (nSPS) is 22.6. The fraction of sp³-hybridized carbons (Fsp3) is 0.900. The largest absolute Gasteiger partial charge is 0.440 e. The van der Waals surface area contributed by atoms with Gasteiger partial charge in [-0.05, 0) is 13.5 Å². The number of nitrogens with zero attached hydrogens (tertiary/aromatic N) is 2. The number of carbonyl (C=O) groups is 1. The SMILES string of the molecule is CCN1CCN(C(=O)OCC(F)(F)F)CC1C. The summed E-state index contributed by atoms with van der Waals surface area (Å²) in [4.78, 5) is 14.9. The monoisotopic (exact) mass is 254 g/mol. The van der Waals surface area contributed by atoms with Crippen molar-refractivity contribution in [2.45, 2.75) is 26.1 Å². The second kappa shape index (κ2) is 5.57. The van der Waals surface area contributed by atoms with Crippen LogP contribution < -0.4 is 0 Å². The molecule has 1 unspecified atom stereocenters. The Morgan fingerprint density at radius 1 is 1.41 bits per heavy atom. The predicted octanol–water partition coefficient (Wildman–Crippen LogP) is 1.71. The van der Waals surface area contributed by atoms with Crippen molar-refractivity contribution in [2.75, 3.05) is 32.8 Å². The fourth-order valence-electron chi connectivity index (χ4n) is 1.87. The molecule has 0 N–H and O–H groups in total. The summed E-state index contributed by atoms with van der Waals surface area (Å²) in [7, 11) is 0. The van der Waals surface area contributed by atoms with Crippen LogP contribution in [0.3, 0.4) is 0 Å². The molecule has 0 radical (unpaired) electrons. The van der Waals surface area contributed by atoms with Crippen LogP contribution >= 0.6 is 0 Å². The number of rotatable bonds is 2. The van der Waals surface area contributed by atoms with Crippen LogP contribution in [0.2, 0.25) is 0 Å². The molecule has 1 saturated heterocycles. The number of piperazine rings is 1. The summed E-state index contributed by atoms with van der Waals surface area (Å²) < 4.78 is 39.8. The third-order valence-electron chi connectivity index (χ3n) is 2.79. The first-order valence-electron chi connectivity index (χ1n) is 5.56. The van der Waals surface area contributed by atoms with Gasteiger partial charge in [-0.25, -0.2) is 4.79 Å². The number of alkyl halides is 3. The topological polar surface area (TPSA) is 32.8 Å². The molecule has 1 amide bonds. The molecule has 1 heterocycles. The van der Waals surface area contributed by atoms with Crippen molar-refractivity contribution in [1.29, 1.82) is 0 Å². The second-order valence-electron chi connectivity index (χ2n) is 4.09. The minimum Gasteiger partial charge on any atom is -0.440 e. The summed E-state index contributed by atoms with van der Waals surface area (Å²) in [5, 5.41) is 0. The molecule has 1 aliphatic heterocycles. The van der Waals surface area contributed by atoms with Crippen molar-refractivity contribution >= 4 is 6.09 Å². The highest BCUT2D eigenvalue weighted by atomic mass is 19.4. The molecular formula is C10H17F3N2O2. The summed E-state index contributed by atoms with van der Waals surface area (Å²) in [5.74, 6) is 0. The van der Waals surface area contributed by atoms with Gasteiger partial charge in [0.1, 0.15) is 0 Å². The molecule has 1 atom stereocenters. The lowest BCUT2D eigenvalue weighted by Gasteiger charge is -2.38. The molecule has 0 aliphatic carbocycles. The number of hydrogen-bond donors (Lipinski definition) is 0. The molecule has 0 aromatic carbocycles. The first kappa shape index (κ1) is 14.1. The van der Waals surface area contributed by atoms with Crippen molar-refractivity contribution < 1.29 is 22.7 Å². The van der Waals surface area contributed by atoms with Crippen LogP contribution in [0.5, 0.6) is 0 Å². The summed E-state index contributed by atoms with van der Waals surface area (Å²) in [6, 6.07) is 0.146. The lowest BCUT2D eigenvalue weighted by molar-refractivity contribution is -0.162. The smallest absolute Gasteiger partial charge is 0.422 e. The zero-order chi connectivity index (χ0) is 13.1. The first-order valence-corrected chi connectivity index (χ1v) is 5.56. The third kappa shape index (κ3) is 4.41. The molecule has 1 rings (SSSR count). The van der Waals surface area contributed by atoms with Crippen LogP contribution in [0.4, 0.5) is 18.0 Å². The van der Waals surface area contributed by atoms with Crippen LogP contribution in [-0.2, 0) is 4.74 Å². The minimum atomic E-state index is -4.47. The van der Waals surface area contributed by atoms with E-state index in [0.29, 0.717) is 19.6 Å². The van der Waals surface area contributed by atoms with E-state index in [4.69, 9.17) is 0 Å². The number of hydrogen-bond acceptors (Lipinski definition) is 3. The first-order chi connectivity index (χ1) is 7.83. The van der Waals surface area contributed by atoms with E-state index in [9.17, 15) is 18.0 Å². The number of ether oxygens (including phenoxy) is 1. The highest BCUT2D eigenvalue weighted by Crippen LogP contribution is 2.16. The molecular weight excluding hydrogens is 237 g/mol. The average molecular weight is 254 g/mol. The highest BCUT2D eigenvalue weighted by molar-refractivity contribution is 5.67. The predicted molar refractivity (Wildman–Crippen MR) is 55.7 cm³/mol. The van der Waals surface area contributed by atoms with Gasteiger partial charge in [0.15, 0.2) is 6.61 Å². The zero-order valence-corrected chi connectivity index (χ0v) is 9.96. The van der Waals surface area contributed by atoms with Crippen LogP contribution in [0.25, 0.3) is 0 Å². The second-order valence-corrected chi connectivity index (χ2v) is 4.09. The number of likely N-dealkylation sites (N-methyl/N-ethyl adjacent to an activating group) is 1.